The molecular formula is C22H31N7. The van der Waals surface area contributed by atoms with E-state index in [0.29, 0.717) is 6.54 Å². The van der Waals surface area contributed by atoms with Crippen LogP contribution >= 0.6 is 0 Å². The minimum atomic E-state index is 0.710. The molecule has 0 spiro atoms. The molecule has 154 valence electrons. The van der Waals surface area contributed by atoms with E-state index in [1.54, 1.807) is 12.4 Å². The second-order valence-electron chi connectivity index (χ2n) is 7.68. The molecule has 1 aromatic heterocycles. The van der Waals surface area contributed by atoms with Crippen molar-refractivity contribution >= 4 is 17.6 Å². The fourth-order valence-corrected chi connectivity index (χ4v) is 4.10. The summed E-state index contributed by atoms with van der Waals surface area (Å²) in [6, 6.07) is 8.67. The molecule has 2 aromatic rings. The van der Waals surface area contributed by atoms with Crippen molar-refractivity contribution in [2.75, 3.05) is 56.1 Å². The van der Waals surface area contributed by atoms with Crippen molar-refractivity contribution in [3.05, 3.63) is 47.8 Å². The molecule has 1 fully saturated rings. The molecule has 0 atom stereocenters. The van der Waals surface area contributed by atoms with Crippen LogP contribution in [0.25, 0.3) is 0 Å². The lowest BCUT2D eigenvalue weighted by Crippen LogP contribution is -2.52. The first-order valence-corrected chi connectivity index (χ1v) is 10.6. The zero-order valence-electron chi connectivity index (χ0n) is 17.5. The largest absolute Gasteiger partial charge is 0.374 e. The van der Waals surface area contributed by atoms with E-state index < -0.39 is 0 Å². The number of aliphatic imine (C=N–C) groups is 1. The molecular weight excluding hydrogens is 362 g/mol. The van der Waals surface area contributed by atoms with Crippen LogP contribution in [0.3, 0.4) is 0 Å². The maximum atomic E-state index is 4.94. The van der Waals surface area contributed by atoms with Gasteiger partial charge in [-0.25, -0.2) is 15.0 Å². The van der Waals surface area contributed by atoms with E-state index in [0.717, 1.165) is 51.2 Å². The quantitative estimate of drug-likeness (QED) is 0.634. The number of nitrogens with zero attached hydrogens (tertiary/aromatic N) is 6. The Hall–Kier alpha value is -2.83. The molecule has 2 aliphatic heterocycles. The first kappa shape index (κ1) is 19.5. The van der Waals surface area contributed by atoms with Gasteiger partial charge in [0.1, 0.15) is 0 Å². The maximum absolute atomic E-state index is 4.94. The topological polar surface area (TPSA) is 59.9 Å². The van der Waals surface area contributed by atoms with Gasteiger partial charge in [-0.05, 0) is 43.0 Å². The number of aromatic nitrogens is 2. The monoisotopic (exact) mass is 393 g/mol. The van der Waals surface area contributed by atoms with Crippen molar-refractivity contribution in [3.63, 3.8) is 0 Å². The van der Waals surface area contributed by atoms with Crippen LogP contribution in [0.2, 0.25) is 0 Å². The lowest BCUT2D eigenvalue weighted by atomic mass is 10.00. The molecule has 7 heteroatoms. The van der Waals surface area contributed by atoms with Gasteiger partial charge in [0.25, 0.3) is 0 Å². The first-order chi connectivity index (χ1) is 14.2. The number of fused-ring (bicyclic) bond motifs is 1. The summed E-state index contributed by atoms with van der Waals surface area (Å²) in [6.07, 6.45) is 6.00. The van der Waals surface area contributed by atoms with E-state index in [1.165, 1.54) is 29.7 Å². The standard InChI is InChI=1S/C22H31N7/c1-3-23-21(28-12-14-29(15-13-28)22-24-9-5-10-25-22)26-17-18-7-8-20-19(16-18)6-4-11-27(20)2/h5,7-10,16H,3-4,6,11-15,17H2,1-2H3,(H,23,26). The Morgan fingerprint density at radius 1 is 1.10 bits per heavy atom. The van der Waals surface area contributed by atoms with Gasteiger partial charge in [-0.15, -0.1) is 0 Å². The van der Waals surface area contributed by atoms with Gasteiger partial charge in [0.15, 0.2) is 5.96 Å². The summed E-state index contributed by atoms with van der Waals surface area (Å²) in [5, 5.41) is 3.46. The molecule has 1 aromatic carbocycles. The van der Waals surface area contributed by atoms with Crippen molar-refractivity contribution in [1.29, 1.82) is 0 Å². The summed E-state index contributed by atoms with van der Waals surface area (Å²) in [5.74, 6) is 1.81. The number of anilines is 2. The highest BCUT2D eigenvalue weighted by Gasteiger charge is 2.21. The molecule has 0 radical (unpaired) electrons. The van der Waals surface area contributed by atoms with Gasteiger partial charge in [-0.3, -0.25) is 0 Å². The van der Waals surface area contributed by atoms with E-state index in [-0.39, 0.29) is 0 Å². The van der Waals surface area contributed by atoms with Crippen LogP contribution < -0.4 is 15.1 Å². The van der Waals surface area contributed by atoms with Gasteiger partial charge in [0, 0.05) is 64.4 Å². The van der Waals surface area contributed by atoms with Crippen molar-refractivity contribution in [2.24, 2.45) is 4.99 Å². The molecule has 0 bridgehead atoms. The Morgan fingerprint density at radius 2 is 1.90 bits per heavy atom. The van der Waals surface area contributed by atoms with Crippen LogP contribution in [0.5, 0.6) is 0 Å². The molecule has 0 saturated carbocycles. The zero-order chi connectivity index (χ0) is 20.1. The number of hydrogen-bond donors (Lipinski definition) is 1. The SMILES string of the molecule is CCNC(=NCc1ccc2c(c1)CCCN2C)N1CCN(c2ncccn2)CC1. The van der Waals surface area contributed by atoms with Crippen molar-refractivity contribution < 1.29 is 0 Å². The molecule has 29 heavy (non-hydrogen) atoms. The molecule has 0 unspecified atom stereocenters. The molecule has 2 aliphatic rings. The van der Waals surface area contributed by atoms with Gasteiger partial charge in [0.05, 0.1) is 6.54 Å². The van der Waals surface area contributed by atoms with Crippen LogP contribution in [-0.4, -0.2) is 67.1 Å². The van der Waals surface area contributed by atoms with E-state index in [1.807, 2.05) is 6.07 Å². The highest BCUT2D eigenvalue weighted by atomic mass is 15.4. The van der Waals surface area contributed by atoms with Crippen LogP contribution in [0, 0.1) is 0 Å². The fourth-order valence-electron chi connectivity index (χ4n) is 4.10. The summed E-state index contributed by atoms with van der Waals surface area (Å²) >= 11 is 0. The number of aryl methyl sites for hydroxylation is 1. The van der Waals surface area contributed by atoms with Gasteiger partial charge in [-0.2, -0.15) is 0 Å². The lowest BCUT2D eigenvalue weighted by Gasteiger charge is -2.36. The number of guanidine groups is 1. The van der Waals surface area contributed by atoms with Crippen LogP contribution in [0.1, 0.15) is 24.5 Å². The van der Waals surface area contributed by atoms with Gasteiger partial charge >= 0.3 is 0 Å². The Kier molecular flexibility index (Phi) is 6.12. The number of nitrogens with one attached hydrogen (secondary N) is 1. The minimum Gasteiger partial charge on any atom is -0.374 e. The molecule has 0 amide bonds. The van der Waals surface area contributed by atoms with Crippen LogP contribution in [0.4, 0.5) is 11.6 Å². The Bertz CT molecular complexity index is 828. The number of rotatable bonds is 4. The van der Waals surface area contributed by atoms with Crippen LogP contribution in [0.15, 0.2) is 41.7 Å². The summed E-state index contributed by atoms with van der Waals surface area (Å²) in [7, 11) is 2.18. The number of benzene rings is 1. The van der Waals surface area contributed by atoms with E-state index in [2.05, 4.69) is 62.2 Å². The summed E-state index contributed by atoms with van der Waals surface area (Å²) in [5.41, 5.74) is 4.11. The van der Waals surface area contributed by atoms with Gasteiger partial charge in [-0.1, -0.05) is 12.1 Å². The second-order valence-corrected chi connectivity index (χ2v) is 7.68. The van der Waals surface area contributed by atoms with Crippen molar-refractivity contribution in [2.45, 2.75) is 26.3 Å². The normalized spacial score (nSPS) is 17.3. The predicted molar refractivity (Wildman–Crippen MR) is 119 cm³/mol. The molecule has 4 rings (SSSR count). The van der Waals surface area contributed by atoms with Crippen LogP contribution in [-0.2, 0) is 13.0 Å². The lowest BCUT2D eigenvalue weighted by molar-refractivity contribution is 0.370. The molecule has 0 aliphatic carbocycles. The number of piperazine rings is 1. The van der Waals surface area contributed by atoms with E-state index in [4.69, 9.17) is 4.99 Å². The third-order valence-electron chi connectivity index (χ3n) is 5.66. The number of hydrogen-bond acceptors (Lipinski definition) is 5. The summed E-state index contributed by atoms with van der Waals surface area (Å²) < 4.78 is 0. The van der Waals surface area contributed by atoms with Gasteiger partial charge < -0.3 is 20.0 Å². The van der Waals surface area contributed by atoms with Gasteiger partial charge in [0.2, 0.25) is 5.95 Å². The Morgan fingerprint density at radius 3 is 2.66 bits per heavy atom. The van der Waals surface area contributed by atoms with Crippen molar-refractivity contribution in [1.82, 2.24) is 20.2 Å². The molecule has 1 saturated heterocycles. The third kappa shape index (κ3) is 4.60. The second kappa shape index (κ2) is 9.11. The highest BCUT2D eigenvalue weighted by molar-refractivity contribution is 5.80. The summed E-state index contributed by atoms with van der Waals surface area (Å²) in [6.45, 7) is 8.49. The first-order valence-electron chi connectivity index (χ1n) is 10.6. The smallest absolute Gasteiger partial charge is 0.225 e. The fraction of sp³-hybridized carbons (Fsp3) is 0.500. The van der Waals surface area contributed by atoms with E-state index >= 15 is 0 Å². The van der Waals surface area contributed by atoms with E-state index in [9.17, 15) is 0 Å². The molecule has 7 nitrogen and oxygen atoms in total. The Balaban J connectivity index is 1.41. The summed E-state index contributed by atoms with van der Waals surface area (Å²) in [4.78, 5) is 20.6. The highest BCUT2D eigenvalue weighted by Crippen LogP contribution is 2.27. The average molecular weight is 394 g/mol. The average Bonchev–Trinajstić information content (AvgIpc) is 2.77. The molecule has 3 heterocycles. The predicted octanol–water partition coefficient (Wildman–Crippen LogP) is 2.15. The molecule has 1 N–H and O–H groups in total. The zero-order valence-corrected chi connectivity index (χ0v) is 17.5. The Labute approximate surface area is 173 Å². The third-order valence-corrected chi connectivity index (χ3v) is 5.66. The minimum absolute atomic E-state index is 0.710. The maximum Gasteiger partial charge on any atom is 0.225 e. The van der Waals surface area contributed by atoms with Crippen molar-refractivity contribution in [3.8, 4) is 0 Å².